The molecule has 0 aliphatic carbocycles. The van der Waals surface area contributed by atoms with Crippen LogP contribution in [0.4, 0.5) is 0 Å². The van der Waals surface area contributed by atoms with Gasteiger partial charge in [-0.05, 0) is 48.0 Å². The fourth-order valence-electron chi connectivity index (χ4n) is 2.26. The summed E-state index contributed by atoms with van der Waals surface area (Å²) in [5.74, 6) is -0.0593. The van der Waals surface area contributed by atoms with E-state index in [0.717, 1.165) is 11.3 Å². The van der Waals surface area contributed by atoms with Crippen LogP contribution in [0.1, 0.15) is 12.5 Å². The molecule has 130 valence electrons. The van der Waals surface area contributed by atoms with Crippen molar-refractivity contribution in [3.8, 4) is 5.69 Å². The zero-order chi connectivity index (χ0) is 17.6. The Morgan fingerprint density at radius 2 is 2.24 bits per heavy atom. The van der Waals surface area contributed by atoms with Crippen molar-refractivity contribution in [1.29, 1.82) is 0 Å². The molecular weight excluding hydrogens is 338 g/mol. The van der Waals surface area contributed by atoms with Crippen LogP contribution in [0.15, 0.2) is 47.9 Å². The molecule has 0 spiro atoms. The molecule has 0 radical (unpaired) electrons. The minimum atomic E-state index is -0.313. The molecule has 0 bridgehead atoms. The van der Waals surface area contributed by atoms with Gasteiger partial charge in [0.1, 0.15) is 0 Å². The number of aromatic nitrogens is 6. The van der Waals surface area contributed by atoms with E-state index in [0.29, 0.717) is 18.2 Å². The Morgan fingerprint density at radius 3 is 3.00 bits per heavy atom. The zero-order valence-electron chi connectivity index (χ0n) is 14.0. The summed E-state index contributed by atoms with van der Waals surface area (Å²) in [5.41, 5.74) is 1.99. The lowest BCUT2D eigenvalue weighted by Gasteiger charge is -2.12. The normalized spacial score (nSPS) is 12.1. The van der Waals surface area contributed by atoms with Gasteiger partial charge in [-0.2, -0.15) is 9.78 Å². The van der Waals surface area contributed by atoms with Crippen molar-refractivity contribution in [2.24, 2.45) is 0 Å². The first-order valence-corrected chi connectivity index (χ1v) is 8.78. The van der Waals surface area contributed by atoms with E-state index in [4.69, 9.17) is 0 Å². The van der Waals surface area contributed by atoms with E-state index in [-0.39, 0.29) is 11.2 Å². The molecule has 2 heterocycles. The molecular formula is C16H19N7OS. The highest BCUT2D eigenvalue weighted by Crippen LogP contribution is 2.23. The monoisotopic (exact) mass is 357 g/mol. The van der Waals surface area contributed by atoms with Gasteiger partial charge in [0, 0.05) is 18.9 Å². The van der Waals surface area contributed by atoms with E-state index in [1.165, 1.54) is 11.8 Å². The van der Waals surface area contributed by atoms with Crippen molar-refractivity contribution in [3.05, 3.63) is 48.3 Å². The molecule has 1 N–H and O–H groups in total. The van der Waals surface area contributed by atoms with Crippen LogP contribution in [0.2, 0.25) is 0 Å². The minimum absolute atomic E-state index is 0.0593. The number of tetrazole rings is 1. The van der Waals surface area contributed by atoms with Crippen LogP contribution in [0.5, 0.6) is 0 Å². The van der Waals surface area contributed by atoms with E-state index in [1.54, 1.807) is 15.6 Å². The lowest BCUT2D eigenvalue weighted by atomic mass is 10.2. The molecule has 0 unspecified atom stereocenters. The molecule has 0 saturated heterocycles. The van der Waals surface area contributed by atoms with Gasteiger partial charge in [0.05, 0.1) is 17.5 Å². The average molecular weight is 357 g/mol. The highest BCUT2D eigenvalue weighted by atomic mass is 32.2. The summed E-state index contributed by atoms with van der Waals surface area (Å²) in [5, 5.41) is 19.1. The van der Waals surface area contributed by atoms with Gasteiger partial charge < -0.3 is 5.32 Å². The number of amides is 1. The summed E-state index contributed by atoms with van der Waals surface area (Å²) in [6.07, 6.45) is 3.58. The molecule has 1 atom stereocenters. The Labute approximate surface area is 149 Å². The number of carbonyl (C=O) groups is 1. The molecule has 8 nitrogen and oxygen atoms in total. The molecule has 9 heteroatoms. The molecule has 1 amide bonds. The second-order valence-electron chi connectivity index (χ2n) is 5.53. The van der Waals surface area contributed by atoms with Crippen molar-refractivity contribution in [3.63, 3.8) is 0 Å². The molecule has 2 aromatic heterocycles. The van der Waals surface area contributed by atoms with E-state index >= 15 is 0 Å². The lowest BCUT2D eigenvalue weighted by Crippen LogP contribution is -2.33. The predicted octanol–water partition coefficient (Wildman–Crippen LogP) is 1.46. The van der Waals surface area contributed by atoms with Gasteiger partial charge in [0.25, 0.3) is 0 Å². The maximum absolute atomic E-state index is 12.3. The van der Waals surface area contributed by atoms with Crippen LogP contribution in [-0.4, -0.2) is 47.7 Å². The molecule has 3 aromatic rings. The summed E-state index contributed by atoms with van der Waals surface area (Å²) in [6, 6.07) is 9.74. The third-order valence-corrected chi connectivity index (χ3v) is 4.57. The lowest BCUT2D eigenvalue weighted by molar-refractivity contribution is -0.120. The van der Waals surface area contributed by atoms with Gasteiger partial charge in [-0.15, -0.1) is 5.10 Å². The summed E-state index contributed by atoms with van der Waals surface area (Å²) in [7, 11) is 0. The maximum Gasteiger partial charge on any atom is 0.233 e. The van der Waals surface area contributed by atoms with E-state index < -0.39 is 0 Å². The molecule has 0 saturated carbocycles. The number of thioether (sulfide) groups is 1. The van der Waals surface area contributed by atoms with Crippen LogP contribution >= 0.6 is 11.8 Å². The molecule has 0 fully saturated rings. The second-order valence-corrected chi connectivity index (χ2v) is 6.84. The largest absolute Gasteiger partial charge is 0.353 e. The highest BCUT2D eigenvalue weighted by Gasteiger charge is 2.19. The van der Waals surface area contributed by atoms with Crippen LogP contribution in [0.3, 0.4) is 0 Å². The minimum Gasteiger partial charge on any atom is -0.353 e. The van der Waals surface area contributed by atoms with Gasteiger partial charge in [-0.25, -0.2) is 0 Å². The number of rotatable bonds is 7. The van der Waals surface area contributed by atoms with Crippen molar-refractivity contribution in [2.75, 3.05) is 6.54 Å². The quantitative estimate of drug-likeness (QED) is 0.644. The Bertz CT molecular complexity index is 831. The smallest absolute Gasteiger partial charge is 0.233 e. The topological polar surface area (TPSA) is 90.5 Å². The Hall–Kier alpha value is -2.68. The first-order valence-electron chi connectivity index (χ1n) is 7.91. The number of benzene rings is 1. The molecule has 0 aliphatic rings. The number of aryl methyl sites for hydroxylation is 1. The van der Waals surface area contributed by atoms with Gasteiger partial charge in [-0.3, -0.25) is 9.48 Å². The standard InChI is InChI=1S/C16H19N7OS/c1-12-5-3-6-14(11-12)23-16(19-20-21-23)25-13(2)15(24)17-8-10-22-9-4-7-18-22/h3-7,9,11,13H,8,10H2,1-2H3,(H,17,24)/t13-/m1/s1. The van der Waals surface area contributed by atoms with E-state index in [1.807, 2.05) is 50.4 Å². The van der Waals surface area contributed by atoms with Crippen molar-refractivity contribution < 1.29 is 4.79 Å². The third kappa shape index (κ3) is 4.44. The number of nitrogens with zero attached hydrogens (tertiary/aromatic N) is 6. The summed E-state index contributed by atoms with van der Waals surface area (Å²) >= 11 is 1.33. The van der Waals surface area contributed by atoms with Gasteiger partial charge in [-0.1, -0.05) is 23.9 Å². The number of nitrogens with one attached hydrogen (secondary N) is 1. The van der Waals surface area contributed by atoms with Crippen LogP contribution < -0.4 is 5.32 Å². The zero-order valence-corrected chi connectivity index (χ0v) is 14.8. The summed E-state index contributed by atoms with van der Waals surface area (Å²) in [4.78, 5) is 12.3. The molecule has 25 heavy (non-hydrogen) atoms. The SMILES string of the molecule is Cc1cccc(-n2nnnc2S[C@H](C)C(=O)NCCn2cccn2)c1. The Morgan fingerprint density at radius 1 is 1.36 bits per heavy atom. The Balaban J connectivity index is 1.58. The van der Waals surface area contributed by atoms with Crippen molar-refractivity contribution >= 4 is 17.7 Å². The summed E-state index contributed by atoms with van der Waals surface area (Å²) < 4.78 is 3.42. The first-order chi connectivity index (χ1) is 12.1. The fourth-order valence-corrected chi connectivity index (χ4v) is 3.09. The number of hydrogen-bond acceptors (Lipinski definition) is 6. The predicted molar refractivity (Wildman–Crippen MR) is 94.4 cm³/mol. The maximum atomic E-state index is 12.3. The fraction of sp³-hybridized carbons (Fsp3) is 0.312. The van der Waals surface area contributed by atoms with Crippen molar-refractivity contribution in [1.82, 2.24) is 35.3 Å². The highest BCUT2D eigenvalue weighted by molar-refractivity contribution is 8.00. The Kier molecular flexibility index (Phi) is 5.44. The van der Waals surface area contributed by atoms with Gasteiger partial charge in [0.2, 0.25) is 11.1 Å². The van der Waals surface area contributed by atoms with Gasteiger partial charge >= 0.3 is 0 Å². The number of hydrogen-bond donors (Lipinski definition) is 1. The molecule has 0 aliphatic heterocycles. The average Bonchev–Trinajstić information content (AvgIpc) is 3.26. The van der Waals surface area contributed by atoms with E-state index in [9.17, 15) is 4.79 Å². The third-order valence-electron chi connectivity index (χ3n) is 3.54. The van der Waals surface area contributed by atoms with Crippen LogP contribution in [0, 0.1) is 6.92 Å². The number of carbonyl (C=O) groups excluding carboxylic acids is 1. The van der Waals surface area contributed by atoms with Gasteiger partial charge in [0.15, 0.2) is 0 Å². The van der Waals surface area contributed by atoms with Crippen LogP contribution in [0.25, 0.3) is 5.69 Å². The molecule has 1 aromatic carbocycles. The van der Waals surface area contributed by atoms with E-state index in [2.05, 4.69) is 25.9 Å². The second kappa shape index (κ2) is 7.93. The van der Waals surface area contributed by atoms with Crippen LogP contribution in [-0.2, 0) is 11.3 Å². The summed E-state index contributed by atoms with van der Waals surface area (Å²) in [6.45, 7) is 5.00. The first kappa shape index (κ1) is 17.2. The van der Waals surface area contributed by atoms with Crippen molar-refractivity contribution in [2.45, 2.75) is 30.8 Å². The molecule has 3 rings (SSSR count).